The quantitative estimate of drug-likeness (QED) is 0.502. The molecule has 3 heterocycles. The van der Waals surface area contributed by atoms with Gasteiger partial charge in [0, 0.05) is 12.8 Å². The Morgan fingerprint density at radius 3 is 2.85 bits per heavy atom. The topological polar surface area (TPSA) is 82.9 Å². The first-order valence-electron chi connectivity index (χ1n) is 6.95. The molecule has 4 atom stereocenters. The highest BCUT2D eigenvalue weighted by Crippen LogP contribution is 2.25. The molecule has 1 amide bonds. The van der Waals surface area contributed by atoms with Gasteiger partial charge in [-0.15, -0.1) is 6.42 Å². The monoisotopic (exact) mass is 280 g/mol. The molecule has 0 aromatic carbocycles. The number of ether oxygens (including phenoxy) is 1. The lowest BCUT2D eigenvalue weighted by Crippen LogP contribution is -3.20. The average Bonchev–Trinajstić information content (AvgIpc) is 2.45. The number of nitrogens with one attached hydrogen (secondary N) is 2. The van der Waals surface area contributed by atoms with Gasteiger partial charge in [-0.25, -0.2) is 0 Å². The Morgan fingerprint density at radius 1 is 1.45 bits per heavy atom. The summed E-state index contributed by atoms with van der Waals surface area (Å²) in [5.74, 6) is 2.21. The molecule has 0 saturated carbocycles. The first-order chi connectivity index (χ1) is 9.60. The van der Waals surface area contributed by atoms with Gasteiger partial charge in [0.2, 0.25) is 5.91 Å². The number of fused-ring (bicyclic) bond motifs is 3. The number of hydrogen-bond donors (Lipinski definition) is 2. The lowest BCUT2D eigenvalue weighted by atomic mass is 9.76. The third-order valence-corrected chi connectivity index (χ3v) is 4.26. The normalized spacial score (nSPS) is 31.6. The number of rotatable bonds is 6. The molecule has 3 fully saturated rings. The largest absolute Gasteiger partial charge is 0.548 e. The van der Waals surface area contributed by atoms with E-state index in [0.29, 0.717) is 24.4 Å². The van der Waals surface area contributed by atoms with Gasteiger partial charge < -0.3 is 24.9 Å². The Kier molecular flexibility index (Phi) is 4.99. The number of carbonyl (C=O) groups is 2. The number of terminal acetylenes is 1. The fraction of sp³-hybridized carbons (Fsp3) is 0.714. The molecular weight excluding hydrogens is 260 g/mol. The molecule has 3 aliphatic heterocycles. The number of carbonyl (C=O) groups excluding carboxylic acids is 2. The van der Waals surface area contributed by atoms with Crippen molar-refractivity contribution in [1.82, 2.24) is 5.32 Å². The third kappa shape index (κ3) is 3.71. The Morgan fingerprint density at radius 2 is 2.25 bits per heavy atom. The minimum atomic E-state index is -1.32. The van der Waals surface area contributed by atoms with E-state index in [-0.39, 0.29) is 12.5 Å². The summed E-state index contributed by atoms with van der Waals surface area (Å²) in [6, 6.07) is 0.406. The maximum atomic E-state index is 11.5. The van der Waals surface area contributed by atoms with Gasteiger partial charge in [0.25, 0.3) is 0 Å². The third-order valence-electron chi connectivity index (χ3n) is 4.26. The number of hydrogen-bond acceptors (Lipinski definition) is 4. The van der Waals surface area contributed by atoms with Crippen LogP contribution in [-0.4, -0.2) is 50.8 Å². The molecule has 2 bridgehead atoms. The molecule has 0 aromatic heterocycles. The predicted molar refractivity (Wildman–Crippen MR) is 68.4 cm³/mol. The van der Waals surface area contributed by atoms with Crippen molar-refractivity contribution < 1.29 is 24.3 Å². The maximum Gasteiger partial charge on any atom is 0.246 e. The lowest BCUT2D eigenvalue weighted by molar-refractivity contribution is -0.943. The SMILES string of the molecule is C#C[C@H]1C[NH+]2CC[C@@H]1C[C@@H]2CNC(=O)COCC(=O)[O-]. The molecular formula is C14H20N2O4. The highest BCUT2D eigenvalue weighted by atomic mass is 16.5. The van der Waals surface area contributed by atoms with Gasteiger partial charge in [0.05, 0.1) is 38.1 Å². The smallest absolute Gasteiger partial charge is 0.246 e. The van der Waals surface area contributed by atoms with E-state index in [1.54, 1.807) is 0 Å². The van der Waals surface area contributed by atoms with Gasteiger partial charge >= 0.3 is 0 Å². The van der Waals surface area contributed by atoms with E-state index in [4.69, 9.17) is 6.42 Å². The van der Waals surface area contributed by atoms with Gasteiger partial charge in [0.1, 0.15) is 12.6 Å². The van der Waals surface area contributed by atoms with Gasteiger partial charge in [-0.2, -0.15) is 0 Å². The van der Waals surface area contributed by atoms with E-state index in [9.17, 15) is 14.7 Å². The summed E-state index contributed by atoms with van der Waals surface area (Å²) in [5, 5.41) is 12.9. The summed E-state index contributed by atoms with van der Waals surface area (Å²) in [7, 11) is 0. The first kappa shape index (κ1) is 14.8. The Labute approximate surface area is 118 Å². The van der Waals surface area contributed by atoms with Crippen LogP contribution in [0.4, 0.5) is 0 Å². The van der Waals surface area contributed by atoms with Crippen LogP contribution in [0.1, 0.15) is 12.8 Å². The number of carboxylic acid groups (broad SMARTS) is 1. The number of piperidine rings is 3. The van der Waals surface area contributed by atoms with Crippen LogP contribution in [-0.2, 0) is 14.3 Å². The second kappa shape index (κ2) is 6.73. The predicted octanol–water partition coefficient (Wildman–Crippen LogP) is -3.20. The molecule has 2 N–H and O–H groups in total. The van der Waals surface area contributed by atoms with Crippen LogP contribution >= 0.6 is 0 Å². The zero-order chi connectivity index (χ0) is 14.5. The second-order valence-corrected chi connectivity index (χ2v) is 5.54. The fourth-order valence-corrected chi connectivity index (χ4v) is 3.25. The molecule has 20 heavy (non-hydrogen) atoms. The standard InChI is InChI=1S/C14H20N2O4/c1-2-10-7-16-4-3-11(10)5-12(16)6-15-13(17)8-20-9-14(18)19/h1,10-12H,3-9H2,(H,15,17)(H,18,19)/t10-,11+,12+/m0/s1. The number of carboxylic acids is 1. The van der Waals surface area contributed by atoms with Gasteiger partial charge in [-0.05, 0) is 5.92 Å². The first-order valence-corrected chi connectivity index (χ1v) is 6.95. The van der Waals surface area contributed by atoms with Gasteiger partial charge in [-0.3, -0.25) is 4.79 Å². The van der Waals surface area contributed by atoms with Crippen LogP contribution in [0.5, 0.6) is 0 Å². The van der Waals surface area contributed by atoms with Crippen LogP contribution in [0.25, 0.3) is 0 Å². The van der Waals surface area contributed by atoms with Gasteiger partial charge in [-0.1, -0.05) is 5.92 Å². The molecule has 3 saturated heterocycles. The summed E-state index contributed by atoms with van der Waals surface area (Å²) in [4.78, 5) is 23.1. The minimum absolute atomic E-state index is 0.244. The summed E-state index contributed by atoms with van der Waals surface area (Å²) in [5.41, 5.74) is 0. The number of aliphatic carboxylic acids is 1. The van der Waals surface area contributed by atoms with Crippen molar-refractivity contribution in [2.24, 2.45) is 11.8 Å². The molecule has 1 unspecified atom stereocenters. The van der Waals surface area contributed by atoms with Crippen molar-refractivity contribution in [2.75, 3.05) is 32.8 Å². The Hall–Kier alpha value is -1.58. The van der Waals surface area contributed by atoms with Crippen molar-refractivity contribution in [3.63, 3.8) is 0 Å². The Bertz CT molecular complexity index is 418. The van der Waals surface area contributed by atoms with Crippen molar-refractivity contribution in [2.45, 2.75) is 18.9 Å². The van der Waals surface area contributed by atoms with Crippen LogP contribution in [0, 0.1) is 24.2 Å². The molecule has 3 rings (SSSR count). The summed E-state index contributed by atoms with van der Waals surface area (Å²) in [6.07, 6.45) is 7.75. The molecule has 110 valence electrons. The van der Waals surface area contributed by atoms with E-state index in [2.05, 4.69) is 16.0 Å². The molecule has 0 radical (unpaired) electrons. The van der Waals surface area contributed by atoms with E-state index in [0.717, 1.165) is 19.5 Å². The molecule has 3 aliphatic rings. The fourth-order valence-electron chi connectivity index (χ4n) is 3.25. The molecule has 0 spiro atoms. The summed E-state index contributed by atoms with van der Waals surface area (Å²) < 4.78 is 4.69. The van der Waals surface area contributed by atoms with E-state index in [1.165, 1.54) is 11.3 Å². The molecule has 6 nitrogen and oxygen atoms in total. The van der Waals surface area contributed by atoms with E-state index in [1.807, 2.05) is 0 Å². The minimum Gasteiger partial charge on any atom is -0.548 e. The van der Waals surface area contributed by atoms with Crippen LogP contribution in [0.3, 0.4) is 0 Å². The van der Waals surface area contributed by atoms with Crippen molar-refractivity contribution in [3.05, 3.63) is 0 Å². The van der Waals surface area contributed by atoms with E-state index < -0.39 is 12.6 Å². The highest BCUT2D eigenvalue weighted by molar-refractivity contribution is 5.77. The Balaban J connectivity index is 1.69. The number of amides is 1. The maximum absolute atomic E-state index is 11.5. The average molecular weight is 280 g/mol. The molecule has 6 heteroatoms. The zero-order valence-electron chi connectivity index (χ0n) is 11.4. The van der Waals surface area contributed by atoms with Crippen LogP contribution in [0.15, 0.2) is 0 Å². The number of quaternary nitrogens is 1. The molecule has 0 aliphatic carbocycles. The van der Waals surface area contributed by atoms with Crippen LogP contribution < -0.4 is 15.3 Å². The summed E-state index contributed by atoms with van der Waals surface area (Å²) >= 11 is 0. The van der Waals surface area contributed by atoms with Crippen LogP contribution in [0.2, 0.25) is 0 Å². The summed E-state index contributed by atoms with van der Waals surface area (Å²) in [6.45, 7) is 1.90. The van der Waals surface area contributed by atoms with Gasteiger partial charge in [0.15, 0.2) is 0 Å². The van der Waals surface area contributed by atoms with Crippen molar-refractivity contribution in [1.29, 1.82) is 0 Å². The second-order valence-electron chi connectivity index (χ2n) is 5.54. The van der Waals surface area contributed by atoms with E-state index >= 15 is 0 Å². The highest BCUT2D eigenvalue weighted by Gasteiger charge is 2.42. The van der Waals surface area contributed by atoms with Crippen molar-refractivity contribution >= 4 is 11.9 Å². The lowest BCUT2D eigenvalue weighted by Gasteiger charge is -2.45. The zero-order valence-corrected chi connectivity index (χ0v) is 11.4. The van der Waals surface area contributed by atoms with Crippen molar-refractivity contribution in [3.8, 4) is 12.3 Å². The molecule has 0 aromatic rings.